The number of alkyl halides is 2. The summed E-state index contributed by atoms with van der Waals surface area (Å²) >= 11 is 1.28. The second-order valence-electron chi connectivity index (χ2n) is 6.38. The molecule has 1 N–H and O–H groups in total. The van der Waals surface area contributed by atoms with Gasteiger partial charge in [-0.2, -0.15) is 8.78 Å². The summed E-state index contributed by atoms with van der Waals surface area (Å²) in [5, 5.41) is 3.35. The number of hydrogen-bond donors (Lipinski definition) is 1. The number of halogens is 2. The molecule has 2 aromatic carbocycles. The number of aryl methyl sites for hydroxylation is 1. The van der Waals surface area contributed by atoms with Crippen LogP contribution in [0, 0.1) is 13.8 Å². The first kappa shape index (κ1) is 21.6. The highest BCUT2D eigenvalue weighted by molar-refractivity contribution is 7.99. The minimum absolute atomic E-state index is 0.0962. The molecule has 1 aromatic heterocycles. The summed E-state index contributed by atoms with van der Waals surface area (Å²) < 4.78 is 36.5. The van der Waals surface area contributed by atoms with Gasteiger partial charge in [-0.05, 0) is 43.2 Å². The molecule has 0 spiro atoms. The van der Waals surface area contributed by atoms with Crippen molar-refractivity contribution in [2.45, 2.75) is 25.6 Å². The van der Waals surface area contributed by atoms with Gasteiger partial charge in [0.05, 0.1) is 18.6 Å². The molecule has 0 aliphatic carbocycles. The maximum Gasteiger partial charge on any atom is 0.387 e. The Morgan fingerprint density at radius 1 is 1.23 bits per heavy atom. The summed E-state index contributed by atoms with van der Waals surface area (Å²) in [4.78, 5) is 16.7. The van der Waals surface area contributed by atoms with Gasteiger partial charge in [0.1, 0.15) is 0 Å². The molecule has 0 aliphatic rings. The van der Waals surface area contributed by atoms with Crippen molar-refractivity contribution in [2.24, 2.45) is 0 Å². The van der Waals surface area contributed by atoms with E-state index in [0.717, 1.165) is 16.8 Å². The number of hydrogen-bond acceptors (Lipinski definition) is 5. The molecule has 0 radical (unpaired) electrons. The summed E-state index contributed by atoms with van der Waals surface area (Å²) in [7, 11) is 1.35. The lowest BCUT2D eigenvalue weighted by molar-refractivity contribution is -0.113. The van der Waals surface area contributed by atoms with Gasteiger partial charge in [0.15, 0.2) is 16.7 Å². The third-order valence-electron chi connectivity index (χ3n) is 4.44. The fourth-order valence-corrected chi connectivity index (χ4v) is 3.61. The summed E-state index contributed by atoms with van der Waals surface area (Å²) in [5.74, 6) is -0.204. The highest BCUT2D eigenvalue weighted by Crippen LogP contribution is 2.31. The van der Waals surface area contributed by atoms with Crippen LogP contribution >= 0.6 is 11.8 Å². The Balaban J connectivity index is 1.68. The molecule has 9 heteroatoms. The zero-order valence-electron chi connectivity index (χ0n) is 16.7. The van der Waals surface area contributed by atoms with Gasteiger partial charge >= 0.3 is 6.61 Å². The molecule has 0 aliphatic heterocycles. The molecule has 0 atom stereocenters. The Kier molecular flexibility index (Phi) is 6.94. The van der Waals surface area contributed by atoms with Crippen molar-refractivity contribution in [1.82, 2.24) is 9.55 Å². The maximum absolute atomic E-state index is 12.6. The van der Waals surface area contributed by atoms with Crippen molar-refractivity contribution in [2.75, 3.05) is 18.2 Å². The molecular weight excluding hydrogens is 412 g/mol. The highest BCUT2D eigenvalue weighted by Gasteiger charge is 2.14. The molecule has 0 saturated carbocycles. The second kappa shape index (κ2) is 9.62. The maximum atomic E-state index is 12.6. The standard InChI is InChI=1S/C21H21F2N3O3S/c1-13-5-4-6-16(14(13)2)26-10-9-24-21(26)30-12-19(27)25-15-7-8-17(28-3)18(11-15)29-20(22)23/h4-11,20H,12H2,1-3H3,(H,25,27). The van der Waals surface area contributed by atoms with Gasteiger partial charge in [-0.25, -0.2) is 4.98 Å². The predicted molar refractivity (Wildman–Crippen MR) is 112 cm³/mol. The first-order valence-corrected chi connectivity index (χ1v) is 10.0. The molecule has 0 bridgehead atoms. The Labute approximate surface area is 177 Å². The molecule has 30 heavy (non-hydrogen) atoms. The number of anilines is 1. The third kappa shape index (κ3) is 5.10. The van der Waals surface area contributed by atoms with E-state index in [1.54, 1.807) is 12.3 Å². The zero-order valence-corrected chi connectivity index (χ0v) is 17.5. The zero-order chi connectivity index (χ0) is 21.7. The average Bonchev–Trinajstić information content (AvgIpc) is 3.17. The smallest absolute Gasteiger partial charge is 0.387 e. The number of amides is 1. The summed E-state index contributed by atoms with van der Waals surface area (Å²) in [6.45, 7) is 1.08. The van der Waals surface area contributed by atoms with Crippen LogP contribution in [0.4, 0.5) is 14.5 Å². The van der Waals surface area contributed by atoms with Gasteiger partial charge < -0.3 is 14.8 Å². The summed E-state index contributed by atoms with van der Waals surface area (Å²) in [6.07, 6.45) is 3.53. The quantitative estimate of drug-likeness (QED) is 0.516. The number of aromatic nitrogens is 2. The number of nitrogens with one attached hydrogen (secondary N) is 1. The number of nitrogens with zero attached hydrogens (tertiary/aromatic N) is 2. The van der Waals surface area contributed by atoms with Crippen LogP contribution in [0.5, 0.6) is 11.5 Å². The van der Waals surface area contributed by atoms with Crippen molar-refractivity contribution in [3.05, 3.63) is 59.9 Å². The minimum Gasteiger partial charge on any atom is -0.493 e. The number of carbonyl (C=O) groups is 1. The van der Waals surface area contributed by atoms with Crippen LogP contribution in [0.2, 0.25) is 0 Å². The van der Waals surface area contributed by atoms with E-state index in [9.17, 15) is 13.6 Å². The predicted octanol–water partition coefficient (Wildman–Crippen LogP) is 4.83. The number of imidazole rings is 1. The lowest BCUT2D eigenvalue weighted by Gasteiger charge is -2.13. The molecule has 0 unspecified atom stereocenters. The number of ether oxygens (including phenoxy) is 2. The summed E-state index contributed by atoms with van der Waals surface area (Å²) in [6, 6.07) is 10.3. The van der Waals surface area contributed by atoms with Crippen molar-refractivity contribution in [1.29, 1.82) is 0 Å². The van der Waals surface area contributed by atoms with Crippen molar-refractivity contribution >= 4 is 23.4 Å². The number of thioether (sulfide) groups is 1. The fraction of sp³-hybridized carbons (Fsp3) is 0.238. The Morgan fingerprint density at radius 2 is 2.03 bits per heavy atom. The van der Waals surface area contributed by atoms with Gasteiger partial charge in [0.2, 0.25) is 5.91 Å². The van der Waals surface area contributed by atoms with Gasteiger partial charge in [-0.15, -0.1) is 0 Å². The van der Waals surface area contributed by atoms with E-state index >= 15 is 0 Å². The molecule has 158 valence electrons. The van der Waals surface area contributed by atoms with E-state index in [1.807, 2.05) is 42.8 Å². The van der Waals surface area contributed by atoms with Crippen molar-refractivity contribution in [3.8, 4) is 17.2 Å². The van der Waals surface area contributed by atoms with Crippen molar-refractivity contribution in [3.63, 3.8) is 0 Å². The monoisotopic (exact) mass is 433 g/mol. The Bertz CT molecular complexity index is 1040. The van der Waals surface area contributed by atoms with Crippen LogP contribution in [-0.2, 0) is 4.79 Å². The minimum atomic E-state index is -3.00. The highest BCUT2D eigenvalue weighted by atomic mass is 32.2. The first-order valence-electron chi connectivity index (χ1n) is 9.04. The lowest BCUT2D eigenvalue weighted by Crippen LogP contribution is -2.15. The van der Waals surface area contributed by atoms with Crippen LogP contribution in [0.25, 0.3) is 5.69 Å². The Hall–Kier alpha value is -3.07. The first-order chi connectivity index (χ1) is 14.4. The van der Waals surface area contributed by atoms with Gasteiger partial charge in [0.25, 0.3) is 0 Å². The molecule has 1 heterocycles. The SMILES string of the molecule is COc1ccc(NC(=O)CSc2nccn2-c2cccc(C)c2C)cc1OC(F)F. The fourth-order valence-electron chi connectivity index (χ4n) is 2.85. The Morgan fingerprint density at radius 3 is 2.77 bits per heavy atom. The van der Waals surface area contributed by atoms with Gasteiger partial charge in [-0.3, -0.25) is 9.36 Å². The van der Waals surface area contributed by atoms with Crippen LogP contribution in [-0.4, -0.2) is 34.9 Å². The van der Waals surface area contributed by atoms with E-state index in [4.69, 9.17) is 4.74 Å². The van der Waals surface area contributed by atoms with E-state index in [-0.39, 0.29) is 23.2 Å². The number of carbonyl (C=O) groups excluding carboxylic acids is 1. The van der Waals surface area contributed by atoms with E-state index in [0.29, 0.717) is 10.8 Å². The van der Waals surface area contributed by atoms with Crippen LogP contribution in [0.15, 0.2) is 53.9 Å². The normalized spacial score (nSPS) is 10.9. The number of benzene rings is 2. The van der Waals surface area contributed by atoms with Crippen molar-refractivity contribution < 1.29 is 23.0 Å². The number of rotatable bonds is 8. The van der Waals surface area contributed by atoms with E-state index in [2.05, 4.69) is 15.0 Å². The largest absolute Gasteiger partial charge is 0.493 e. The van der Waals surface area contributed by atoms with Crippen LogP contribution < -0.4 is 14.8 Å². The third-order valence-corrected chi connectivity index (χ3v) is 5.41. The summed E-state index contributed by atoms with van der Waals surface area (Å²) in [5.41, 5.74) is 3.62. The van der Waals surface area contributed by atoms with Crippen LogP contribution in [0.1, 0.15) is 11.1 Å². The topological polar surface area (TPSA) is 65.4 Å². The second-order valence-corrected chi connectivity index (χ2v) is 7.32. The molecule has 0 fully saturated rings. The molecule has 6 nitrogen and oxygen atoms in total. The molecule has 3 aromatic rings. The molecule has 0 saturated heterocycles. The molecular formula is C21H21F2N3O3S. The lowest BCUT2D eigenvalue weighted by atomic mass is 10.1. The van der Waals surface area contributed by atoms with Crippen LogP contribution in [0.3, 0.4) is 0 Å². The molecule has 1 amide bonds. The van der Waals surface area contributed by atoms with Gasteiger partial charge in [-0.1, -0.05) is 23.9 Å². The molecule has 3 rings (SSSR count). The number of methoxy groups -OCH3 is 1. The average molecular weight is 433 g/mol. The van der Waals surface area contributed by atoms with Gasteiger partial charge in [0, 0.05) is 24.1 Å². The van der Waals surface area contributed by atoms with E-state index < -0.39 is 6.61 Å². The van der Waals surface area contributed by atoms with E-state index in [1.165, 1.54) is 31.0 Å².